The number of hydrogen-bond acceptors (Lipinski definition) is 1. The van der Waals surface area contributed by atoms with Crippen LogP contribution in [0, 0.1) is 0 Å². The van der Waals surface area contributed by atoms with Crippen LogP contribution in [-0.2, 0) is 13.1 Å². The zero-order valence-corrected chi connectivity index (χ0v) is 11.6. The molecule has 0 saturated carbocycles. The minimum absolute atomic E-state index is 0.197. The molecule has 2 rings (SSSR count). The molecule has 0 aliphatic heterocycles. The van der Waals surface area contributed by atoms with E-state index < -0.39 is 0 Å². The van der Waals surface area contributed by atoms with Crippen LogP contribution < -0.4 is 4.90 Å². The van der Waals surface area contributed by atoms with Gasteiger partial charge in [-0.1, -0.05) is 54.1 Å². The smallest absolute Gasteiger partial charge is 0.103 e. The molecular weight excluding hydrogens is 258 g/mol. The van der Waals surface area contributed by atoms with Gasteiger partial charge in [0.05, 0.1) is 6.61 Å². The molecule has 0 radical (unpaired) electrons. The third-order valence-corrected chi connectivity index (χ3v) is 3.34. The zero-order chi connectivity index (χ0) is 13.5. The predicted molar refractivity (Wildman–Crippen MR) is 78.2 cm³/mol. The summed E-state index contributed by atoms with van der Waals surface area (Å²) in [7, 11) is 0. The Kier molecular flexibility index (Phi) is 5.40. The molecule has 0 amide bonds. The Morgan fingerprint density at radius 2 is 1.58 bits per heavy atom. The molecule has 0 bridgehead atoms. The lowest BCUT2D eigenvalue weighted by molar-refractivity contribution is -0.927. The lowest BCUT2D eigenvalue weighted by Crippen LogP contribution is -3.09. The maximum absolute atomic E-state index is 9.20. The molecule has 19 heavy (non-hydrogen) atoms. The number of rotatable bonds is 6. The maximum Gasteiger partial charge on any atom is 0.103 e. The first kappa shape index (κ1) is 14.1. The van der Waals surface area contributed by atoms with Gasteiger partial charge in [0.2, 0.25) is 0 Å². The normalized spacial score (nSPS) is 12.3. The Bertz CT molecular complexity index is 501. The van der Waals surface area contributed by atoms with Crippen molar-refractivity contribution < 1.29 is 10.0 Å². The quantitative estimate of drug-likeness (QED) is 0.828. The topological polar surface area (TPSA) is 24.7 Å². The van der Waals surface area contributed by atoms with Gasteiger partial charge in [0.1, 0.15) is 19.6 Å². The summed E-state index contributed by atoms with van der Waals surface area (Å²) < 4.78 is 0. The first-order chi connectivity index (χ1) is 9.28. The van der Waals surface area contributed by atoms with Crippen LogP contribution in [0.25, 0.3) is 0 Å². The van der Waals surface area contributed by atoms with Crippen LogP contribution in [0.5, 0.6) is 0 Å². The van der Waals surface area contributed by atoms with E-state index in [1.807, 2.05) is 36.4 Å². The lowest BCUT2D eigenvalue weighted by atomic mass is 10.1. The fourth-order valence-electron chi connectivity index (χ4n) is 2.22. The second kappa shape index (κ2) is 7.29. The Labute approximate surface area is 119 Å². The van der Waals surface area contributed by atoms with E-state index in [2.05, 4.69) is 18.2 Å². The summed E-state index contributed by atoms with van der Waals surface area (Å²) in [6.07, 6.45) is 0. The number of benzene rings is 2. The summed E-state index contributed by atoms with van der Waals surface area (Å²) in [6, 6.07) is 18.3. The standard InChI is InChI=1S/C16H18ClNO/c17-16-8-4-7-15(11-16)13-18(9-10-19)12-14-5-2-1-3-6-14/h1-8,11,19H,9-10,12-13H2/p+1. The Balaban J connectivity index is 2.04. The van der Waals surface area contributed by atoms with Crippen molar-refractivity contribution in [3.8, 4) is 0 Å². The van der Waals surface area contributed by atoms with E-state index in [1.165, 1.54) is 16.0 Å². The fourth-order valence-corrected chi connectivity index (χ4v) is 2.43. The van der Waals surface area contributed by atoms with Gasteiger partial charge in [-0.15, -0.1) is 0 Å². The first-order valence-electron chi connectivity index (χ1n) is 6.51. The highest BCUT2D eigenvalue weighted by Gasteiger charge is 2.10. The van der Waals surface area contributed by atoms with Gasteiger partial charge in [0.15, 0.2) is 0 Å². The van der Waals surface area contributed by atoms with Crippen LogP contribution in [0.4, 0.5) is 0 Å². The van der Waals surface area contributed by atoms with E-state index in [0.29, 0.717) is 0 Å². The monoisotopic (exact) mass is 276 g/mol. The van der Waals surface area contributed by atoms with Crippen molar-refractivity contribution >= 4 is 11.6 Å². The van der Waals surface area contributed by atoms with Gasteiger partial charge >= 0.3 is 0 Å². The lowest BCUT2D eigenvalue weighted by Gasteiger charge is -2.18. The second-order valence-corrected chi connectivity index (χ2v) is 5.13. The van der Waals surface area contributed by atoms with Crippen molar-refractivity contribution in [2.75, 3.05) is 13.2 Å². The molecule has 0 fully saturated rings. The van der Waals surface area contributed by atoms with E-state index in [4.69, 9.17) is 11.6 Å². The summed E-state index contributed by atoms with van der Waals surface area (Å²) in [5, 5.41) is 9.96. The van der Waals surface area contributed by atoms with E-state index in [-0.39, 0.29) is 6.61 Å². The molecule has 2 N–H and O–H groups in total. The summed E-state index contributed by atoms with van der Waals surface area (Å²) in [6.45, 7) is 2.72. The minimum Gasteiger partial charge on any atom is -0.391 e. The molecule has 100 valence electrons. The summed E-state index contributed by atoms with van der Waals surface area (Å²) >= 11 is 6.01. The van der Waals surface area contributed by atoms with Crippen LogP contribution in [0.1, 0.15) is 11.1 Å². The molecule has 3 heteroatoms. The van der Waals surface area contributed by atoms with E-state index >= 15 is 0 Å². The van der Waals surface area contributed by atoms with Gasteiger partial charge in [-0.05, 0) is 12.1 Å². The Morgan fingerprint density at radius 1 is 0.895 bits per heavy atom. The highest BCUT2D eigenvalue weighted by atomic mass is 35.5. The molecule has 0 spiro atoms. The molecule has 2 aromatic carbocycles. The molecule has 1 atom stereocenters. The molecule has 0 aromatic heterocycles. The Hall–Kier alpha value is -1.35. The molecule has 0 saturated heterocycles. The zero-order valence-electron chi connectivity index (χ0n) is 10.8. The van der Waals surface area contributed by atoms with Crippen molar-refractivity contribution in [1.29, 1.82) is 0 Å². The van der Waals surface area contributed by atoms with Crippen molar-refractivity contribution in [3.05, 3.63) is 70.7 Å². The van der Waals surface area contributed by atoms with Crippen molar-refractivity contribution in [2.45, 2.75) is 13.1 Å². The van der Waals surface area contributed by atoms with Crippen LogP contribution >= 0.6 is 11.6 Å². The molecular formula is C16H19ClNO+. The van der Waals surface area contributed by atoms with Crippen molar-refractivity contribution in [3.63, 3.8) is 0 Å². The number of nitrogens with one attached hydrogen (secondary N) is 1. The maximum atomic E-state index is 9.20. The molecule has 0 heterocycles. The van der Waals surface area contributed by atoms with Crippen LogP contribution in [0.2, 0.25) is 5.02 Å². The average molecular weight is 277 g/mol. The fraction of sp³-hybridized carbons (Fsp3) is 0.250. The summed E-state index contributed by atoms with van der Waals surface area (Å²) in [5.41, 5.74) is 2.49. The number of aliphatic hydroxyl groups excluding tert-OH is 1. The highest BCUT2D eigenvalue weighted by molar-refractivity contribution is 6.30. The van der Waals surface area contributed by atoms with E-state index in [1.54, 1.807) is 0 Å². The second-order valence-electron chi connectivity index (χ2n) is 4.69. The Morgan fingerprint density at radius 3 is 2.26 bits per heavy atom. The van der Waals surface area contributed by atoms with Gasteiger partial charge < -0.3 is 10.0 Å². The van der Waals surface area contributed by atoms with Gasteiger partial charge in [-0.2, -0.15) is 0 Å². The third-order valence-electron chi connectivity index (χ3n) is 3.11. The first-order valence-corrected chi connectivity index (χ1v) is 6.88. The minimum atomic E-state index is 0.197. The van der Waals surface area contributed by atoms with E-state index in [0.717, 1.165) is 24.7 Å². The van der Waals surface area contributed by atoms with E-state index in [9.17, 15) is 5.11 Å². The predicted octanol–water partition coefficient (Wildman–Crippen LogP) is 1.92. The number of halogens is 1. The highest BCUT2D eigenvalue weighted by Crippen LogP contribution is 2.09. The van der Waals surface area contributed by atoms with Crippen LogP contribution in [0.3, 0.4) is 0 Å². The van der Waals surface area contributed by atoms with Crippen LogP contribution in [-0.4, -0.2) is 18.3 Å². The SMILES string of the molecule is OCC[NH+](Cc1ccccc1)Cc1cccc(Cl)c1. The number of hydrogen-bond donors (Lipinski definition) is 2. The third kappa shape index (κ3) is 4.67. The van der Waals surface area contributed by atoms with Gasteiger partial charge in [-0.3, -0.25) is 0 Å². The molecule has 0 aliphatic carbocycles. The summed E-state index contributed by atoms with van der Waals surface area (Å²) in [5.74, 6) is 0. The van der Waals surface area contributed by atoms with Gasteiger partial charge in [-0.25, -0.2) is 0 Å². The molecule has 0 aliphatic rings. The molecule has 2 aromatic rings. The van der Waals surface area contributed by atoms with Gasteiger partial charge in [0, 0.05) is 16.1 Å². The molecule has 2 nitrogen and oxygen atoms in total. The van der Waals surface area contributed by atoms with Crippen molar-refractivity contribution in [1.82, 2.24) is 0 Å². The number of quaternary nitrogens is 1. The largest absolute Gasteiger partial charge is 0.391 e. The van der Waals surface area contributed by atoms with Crippen molar-refractivity contribution in [2.24, 2.45) is 0 Å². The van der Waals surface area contributed by atoms with Crippen LogP contribution in [0.15, 0.2) is 54.6 Å². The summed E-state index contributed by atoms with van der Waals surface area (Å²) in [4.78, 5) is 1.33. The average Bonchev–Trinajstić information content (AvgIpc) is 2.40. The number of aliphatic hydroxyl groups is 1. The van der Waals surface area contributed by atoms with Gasteiger partial charge in [0.25, 0.3) is 0 Å². The molecule has 1 unspecified atom stereocenters.